The molecule has 1 aliphatic rings. The monoisotopic (exact) mass is 433 g/mol. The van der Waals surface area contributed by atoms with Gasteiger partial charge in [0.1, 0.15) is 5.75 Å². The van der Waals surface area contributed by atoms with Crippen molar-refractivity contribution in [2.75, 3.05) is 43.1 Å². The number of ether oxygens (including phenoxy) is 1. The van der Waals surface area contributed by atoms with Gasteiger partial charge in [-0.15, -0.1) is 0 Å². The molecule has 2 aromatic heterocycles. The molecular weight excluding hydrogens is 414 g/mol. The summed E-state index contributed by atoms with van der Waals surface area (Å²) in [5, 5.41) is 5.40. The fourth-order valence-corrected chi connectivity index (χ4v) is 4.41. The summed E-state index contributed by atoms with van der Waals surface area (Å²) >= 11 is 5.17. The van der Waals surface area contributed by atoms with Gasteiger partial charge in [0.2, 0.25) is 0 Å². The lowest BCUT2D eigenvalue weighted by atomic mass is 10.2. The van der Waals surface area contributed by atoms with E-state index < -0.39 is 0 Å². The van der Waals surface area contributed by atoms with Crippen molar-refractivity contribution in [3.8, 4) is 5.75 Å². The van der Waals surface area contributed by atoms with E-state index in [0.717, 1.165) is 48.1 Å². The van der Waals surface area contributed by atoms with Crippen molar-refractivity contribution in [3.05, 3.63) is 52.2 Å². The quantitative estimate of drug-likeness (QED) is 0.616. The lowest BCUT2D eigenvalue weighted by Gasteiger charge is -2.36. The van der Waals surface area contributed by atoms with Gasteiger partial charge >= 0.3 is 0 Å². The maximum atomic E-state index is 5.49. The Kier molecular flexibility index (Phi) is 5.12. The van der Waals surface area contributed by atoms with Crippen LogP contribution in [-0.2, 0) is 6.54 Å². The zero-order valence-electron chi connectivity index (χ0n) is 14.5. The van der Waals surface area contributed by atoms with Crippen LogP contribution in [0.1, 0.15) is 4.88 Å². The number of para-hydroxylation sites is 2. The van der Waals surface area contributed by atoms with Crippen molar-refractivity contribution in [1.82, 2.24) is 14.8 Å². The van der Waals surface area contributed by atoms with Gasteiger partial charge < -0.3 is 14.5 Å². The summed E-state index contributed by atoms with van der Waals surface area (Å²) in [4.78, 5) is 10.6. The van der Waals surface area contributed by atoms with Crippen LogP contribution in [0.25, 0.3) is 0 Å². The molecule has 0 aliphatic carbocycles. The van der Waals surface area contributed by atoms with Crippen LogP contribution >= 0.6 is 27.3 Å². The summed E-state index contributed by atoms with van der Waals surface area (Å²) in [7, 11) is 1.73. The molecule has 0 spiro atoms. The maximum absolute atomic E-state index is 5.49. The van der Waals surface area contributed by atoms with E-state index in [1.165, 1.54) is 10.6 Å². The molecule has 1 aliphatic heterocycles. The Morgan fingerprint density at radius 2 is 1.88 bits per heavy atom. The molecule has 3 heterocycles. The molecule has 0 atom stereocenters. The number of piperazine rings is 1. The maximum Gasteiger partial charge on any atom is 0.185 e. The van der Waals surface area contributed by atoms with Gasteiger partial charge in [-0.1, -0.05) is 23.5 Å². The highest BCUT2D eigenvalue weighted by Gasteiger charge is 2.21. The van der Waals surface area contributed by atoms with Gasteiger partial charge in [-0.25, -0.2) is 4.98 Å². The smallest absolute Gasteiger partial charge is 0.185 e. The number of rotatable bonds is 5. The van der Waals surface area contributed by atoms with Crippen molar-refractivity contribution >= 4 is 38.1 Å². The average Bonchev–Trinajstić information content (AvgIpc) is 3.31. The predicted molar refractivity (Wildman–Crippen MR) is 109 cm³/mol. The number of nitrogens with zero attached hydrogens (tertiary/aromatic N) is 5. The topological polar surface area (TPSA) is 46.4 Å². The summed E-state index contributed by atoms with van der Waals surface area (Å²) in [5.41, 5.74) is 1.17. The minimum atomic E-state index is 0.754. The van der Waals surface area contributed by atoms with Crippen molar-refractivity contribution in [1.29, 1.82) is 0 Å². The molecule has 0 bridgehead atoms. The van der Waals surface area contributed by atoms with E-state index in [-0.39, 0.29) is 0 Å². The van der Waals surface area contributed by atoms with Crippen LogP contribution in [0.15, 0.2) is 47.3 Å². The summed E-state index contributed by atoms with van der Waals surface area (Å²) in [6.45, 7) is 4.59. The molecule has 0 unspecified atom stereocenters. The molecule has 8 heteroatoms. The number of halogens is 1. The molecule has 6 nitrogen and oxygen atoms in total. The van der Waals surface area contributed by atoms with Crippen LogP contribution in [0.2, 0.25) is 0 Å². The van der Waals surface area contributed by atoms with E-state index in [1.54, 1.807) is 24.6 Å². The predicted octanol–water partition coefficient (Wildman–Crippen LogP) is 3.49. The summed E-state index contributed by atoms with van der Waals surface area (Å²) < 4.78 is 8.41. The highest BCUT2D eigenvalue weighted by Crippen LogP contribution is 2.30. The third-order valence-electron chi connectivity index (χ3n) is 4.44. The number of benzene rings is 1. The van der Waals surface area contributed by atoms with Crippen LogP contribution in [0.3, 0.4) is 0 Å². The summed E-state index contributed by atoms with van der Waals surface area (Å²) in [6, 6.07) is 8.21. The van der Waals surface area contributed by atoms with Gasteiger partial charge in [0.05, 0.1) is 30.0 Å². The van der Waals surface area contributed by atoms with Gasteiger partial charge in [0.15, 0.2) is 5.13 Å². The van der Waals surface area contributed by atoms with Crippen LogP contribution in [0.5, 0.6) is 5.75 Å². The van der Waals surface area contributed by atoms with Crippen LogP contribution in [0.4, 0.5) is 10.8 Å². The van der Waals surface area contributed by atoms with Crippen molar-refractivity contribution in [2.45, 2.75) is 6.54 Å². The highest BCUT2D eigenvalue weighted by atomic mass is 79.9. The number of aromatic nitrogens is 3. The Morgan fingerprint density at radius 3 is 2.62 bits per heavy atom. The zero-order chi connectivity index (χ0) is 17.9. The fraction of sp³-hybridized carbons (Fsp3) is 0.333. The third-order valence-corrected chi connectivity index (χ3v) is 5.89. The molecule has 26 heavy (non-hydrogen) atoms. The standard InChI is InChI=1S/C18H20BrN5OS/c1-25-17-5-3-2-4-16(17)22-6-8-23(9-7-22)18-20-11-15(26-18)13-24-12-14(19)10-21-24/h2-5,10-12H,6-9,13H2,1H3. The molecule has 0 saturated carbocycles. The highest BCUT2D eigenvalue weighted by molar-refractivity contribution is 9.10. The molecule has 1 fully saturated rings. The van der Waals surface area contributed by atoms with Gasteiger partial charge in [-0.05, 0) is 28.1 Å². The van der Waals surface area contributed by atoms with Gasteiger partial charge in [0, 0.05) is 43.4 Å². The molecule has 1 saturated heterocycles. The first-order chi connectivity index (χ1) is 12.7. The molecular formula is C18H20BrN5OS. The first kappa shape index (κ1) is 17.4. The lowest BCUT2D eigenvalue weighted by molar-refractivity contribution is 0.413. The number of hydrogen-bond donors (Lipinski definition) is 0. The van der Waals surface area contributed by atoms with E-state index in [4.69, 9.17) is 4.74 Å². The molecule has 3 aromatic rings. The average molecular weight is 434 g/mol. The Bertz CT molecular complexity index is 872. The van der Waals surface area contributed by atoms with Crippen LogP contribution in [-0.4, -0.2) is 48.1 Å². The van der Waals surface area contributed by atoms with Crippen molar-refractivity contribution < 1.29 is 4.74 Å². The van der Waals surface area contributed by atoms with E-state index in [2.05, 4.69) is 47.9 Å². The van der Waals surface area contributed by atoms with Gasteiger partial charge in [-0.3, -0.25) is 4.68 Å². The van der Waals surface area contributed by atoms with Crippen LogP contribution < -0.4 is 14.5 Å². The number of hydrogen-bond acceptors (Lipinski definition) is 6. The second kappa shape index (κ2) is 7.67. The number of thiazole rings is 1. The molecule has 1 aromatic carbocycles. The van der Waals surface area contributed by atoms with Gasteiger partial charge in [-0.2, -0.15) is 5.10 Å². The summed E-state index contributed by atoms with van der Waals surface area (Å²) in [6.07, 6.45) is 5.74. The van der Waals surface area contributed by atoms with E-state index in [1.807, 2.05) is 29.2 Å². The SMILES string of the molecule is COc1ccccc1N1CCN(c2ncc(Cn3cc(Br)cn3)s2)CC1. The Morgan fingerprint density at radius 1 is 1.12 bits per heavy atom. The molecule has 136 valence electrons. The van der Waals surface area contributed by atoms with Gasteiger partial charge in [0.25, 0.3) is 0 Å². The summed E-state index contributed by atoms with van der Waals surface area (Å²) in [5.74, 6) is 0.933. The number of methoxy groups -OCH3 is 1. The van der Waals surface area contributed by atoms with Crippen molar-refractivity contribution in [2.24, 2.45) is 0 Å². The first-order valence-corrected chi connectivity index (χ1v) is 10.1. The van der Waals surface area contributed by atoms with E-state index in [9.17, 15) is 0 Å². The normalized spacial score (nSPS) is 14.7. The van der Waals surface area contributed by atoms with E-state index >= 15 is 0 Å². The second-order valence-electron chi connectivity index (χ2n) is 6.11. The van der Waals surface area contributed by atoms with Crippen LogP contribution in [0, 0.1) is 0 Å². The fourth-order valence-electron chi connectivity index (χ4n) is 3.13. The van der Waals surface area contributed by atoms with E-state index in [0.29, 0.717) is 0 Å². The molecule has 0 N–H and O–H groups in total. The molecule has 0 radical (unpaired) electrons. The lowest BCUT2D eigenvalue weighted by Crippen LogP contribution is -2.46. The van der Waals surface area contributed by atoms with Crippen molar-refractivity contribution in [3.63, 3.8) is 0 Å². The molecule has 0 amide bonds. The minimum Gasteiger partial charge on any atom is -0.495 e. The minimum absolute atomic E-state index is 0.754. The first-order valence-electron chi connectivity index (χ1n) is 8.48. The Balaban J connectivity index is 1.39. The Labute approximate surface area is 165 Å². The molecule has 4 rings (SSSR count). The largest absolute Gasteiger partial charge is 0.495 e. The Hall–Kier alpha value is -2.06. The number of anilines is 2. The second-order valence-corrected chi connectivity index (χ2v) is 8.12. The zero-order valence-corrected chi connectivity index (χ0v) is 16.9. The third kappa shape index (κ3) is 3.71.